The van der Waals surface area contributed by atoms with Crippen molar-refractivity contribution in [3.8, 4) is 33.4 Å². The van der Waals surface area contributed by atoms with Gasteiger partial charge >= 0.3 is 0 Å². The van der Waals surface area contributed by atoms with E-state index in [0.717, 1.165) is 39.4 Å². The Morgan fingerprint density at radius 1 is 0.857 bits per heavy atom. The second-order valence-corrected chi connectivity index (χ2v) is 8.63. The maximum absolute atomic E-state index is 14.6. The highest BCUT2D eigenvalue weighted by atomic mass is 19.1. The molecule has 0 radical (unpaired) electrons. The molecular formula is C27H24F2N4O2. The monoisotopic (exact) mass is 474 g/mol. The van der Waals surface area contributed by atoms with Crippen LogP contribution in [0.4, 0.5) is 8.78 Å². The predicted octanol–water partition coefficient (Wildman–Crippen LogP) is 4.63. The Kier molecular flexibility index (Phi) is 6.15. The van der Waals surface area contributed by atoms with Crippen molar-refractivity contribution in [1.82, 2.24) is 19.4 Å². The summed E-state index contributed by atoms with van der Waals surface area (Å²) in [5.74, 6) is -1.29. The van der Waals surface area contributed by atoms with Crippen LogP contribution in [0.3, 0.4) is 0 Å². The van der Waals surface area contributed by atoms with E-state index in [4.69, 9.17) is 0 Å². The summed E-state index contributed by atoms with van der Waals surface area (Å²) in [6, 6.07) is 13.2. The molecule has 1 atom stereocenters. The molecule has 3 heterocycles. The topological polar surface area (TPSA) is 75.6 Å². The average Bonchev–Trinajstić information content (AvgIpc) is 3.48. The van der Waals surface area contributed by atoms with Crippen molar-refractivity contribution in [2.24, 2.45) is 7.05 Å². The van der Waals surface area contributed by atoms with E-state index in [-0.39, 0.29) is 12.2 Å². The summed E-state index contributed by atoms with van der Waals surface area (Å²) in [5, 5.41) is 27.8. The minimum atomic E-state index is -0.840. The maximum Gasteiger partial charge on any atom is 0.133 e. The Bertz CT molecular complexity index is 1510. The van der Waals surface area contributed by atoms with E-state index in [1.807, 2.05) is 49.8 Å². The summed E-state index contributed by atoms with van der Waals surface area (Å²) in [6.45, 7) is -0.327. The molecule has 0 saturated heterocycles. The number of aryl methyl sites for hydroxylation is 2. The zero-order valence-electron chi connectivity index (χ0n) is 19.1. The van der Waals surface area contributed by atoms with Gasteiger partial charge in [0.1, 0.15) is 11.6 Å². The fourth-order valence-corrected chi connectivity index (χ4v) is 4.24. The normalized spacial score (nSPS) is 12.4. The van der Waals surface area contributed by atoms with Gasteiger partial charge < -0.3 is 10.2 Å². The molecule has 0 aliphatic heterocycles. The summed E-state index contributed by atoms with van der Waals surface area (Å²) in [5.41, 5.74) is 6.24. The van der Waals surface area contributed by atoms with Gasteiger partial charge in [0.15, 0.2) is 0 Å². The van der Waals surface area contributed by atoms with Crippen molar-refractivity contribution in [2.45, 2.75) is 18.9 Å². The standard InChI is InChI=1S/C27H24F2N4O2/c1-32-14-21(12-30-32)18-3-7-27-25(13-31-33(27)15-18)20-9-17(2-5-23(35)16-34)8-19(10-20)24-6-4-22(28)11-26(24)29/h3-4,6-15,23,34-35H,2,5,16H2,1H3. The first-order valence-electron chi connectivity index (χ1n) is 11.3. The number of aliphatic hydroxyl groups excluding tert-OH is 2. The third kappa shape index (κ3) is 4.71. The number of aromatic nitrogens is 4. The molecule has 35 heavy (non-hydrogen) atoms. The molecule has 0 aliphatic carbocycles. The Morgan fingerprint density at radius 2 is 1.66 bits per heavy atom. The van der Waals surface area contributed by atoms with Crippen molar-refractivity contribution in [3.63, 3.8) is 0 Å². The van der Waals surface area contributed by atoms with E-state index in [1.54, 1.807) is 21.6 Å². The van der Waals surface area contributed by atoms with Gasteiger partial charge in [0.2, 0.25) is 0 Å². The van der Waals surface area contributed by atoms with Gasteiger partial charge in [-0.05, 0) is 53.8 Å². The van der Waals surface area contributed by atoms with Crippen molar-refractivity contribution < 1.29 is 19.0 Å². The number of aliphatic hydroxyl groups is 2. The van der Waals surface area contributed by atoms with Gasteiger partial charge in [-0.3, -0.25) is 4.68 Å². The number of pyridine rings is 1. The smallest absolute Gasteiger partial charge is 0.133 e. The molecule has 8 heteroatoms. The number of hydrogen-bond donors (Lipinski definition) is 2. The Hall–Kier alpha value is -3.88. The lowest BCUT2D eigenvalue weighted by Gasteiger charge is -2.12. The number of benzene rings is 2. The van der Waals surface area contributed by atoms with Crippen LogP contribution in [0.2, 0.25) is 0 Å². The van der Waals surface area contributed by atoms with E-state index in [9.17, 15) is 19.0 Å². The number of fused-ring (bicyclic) bond motifs is 1. The van der Waals surface area contributed by atoms with Gasteiger partial charge in [0.25, 0.3) is 0 Å². The molecule has 0 aliphatic rings. The van der Waals surface area contributed by atoms with Gasteiger partial charge in [-0.15, -0.1) is 0 Å². The first-order valence-corrected chi connectivity index (χ1v) is 11.3. The van der Waals surface area contributed by atoms with E-state index in [1.165, 1.54) is 12.1 Å². The van der Waals surface area contributed by atoms with Crippen LogP contribution >= 0.6 is 0 Å². The molecule has 2 aromatic carbocycles. The highest BCUT2D eigenvalue weighted by molar-refractivity contribution is 5.84. The van der Waals surface area contributed by atoms with Crippen LogP contribution in [0.1, 0.15) is 12.0 Å². The van der Waals surface area contributed by atoms with Crippen molar-refractivity contribution in [3.05, 3.63) is 90.5 Å². The lowest BCUT2D eigenvalue weighted by molar-refractivity contribution is 0.0886. The second-order valence-electron chi connectivity index (χ2n) is 8.63. The summed E-state index contributed by atoms with van der Waals surface area (Å²) in [4.78, 5) is 0. The van der Waals surface area contributed by atoms with E-state index < -0.39 is 17.7 Å². The predicted molar refractivity (Wildman–Crippen MR) is 130 cm³/mol. The highest BCUT2D eigenvalue weighted by Gasteiger charge is 2.14. The lowest BCUT2D eigenvalue weighted by Crippen LogP contribution is -2.12. The summed E-state index contributed by atoms with van der Waals surface area (Å²) >= 11 is 0. The van der Waals surface area contributed by atoms with Crippen LogP contribution in [0.5, 0.6) is 0 Å². The molecule has 5 aromatic rings. The molecule has 178 valence electrons. The summed E-state index contributed by atoms with van der Waals surface area (Å²) < 4.78 is 31.7. The van der Waals surface area contributed by atoms with Gasteiger partial charge in [-0.25, -0.2) is 13.3 Å². The first-order chi connectivity index (χ1) is 16.9. The Labute approximate surface area is 200 Å². The quantitative estimate of drug-likeness (QED) is 0.361. The van der Waals surface area contributed by atoms with Crippen LogP contribution in [0.25, 0.3) is 38.9 Å². The number of hydrogen-bond acceptors (Lipinski definition) is 4. The van der Waals surface area contributed by atoms with Gasteiger partial charge in [0.05, 0.1) is 30.6 Å². The molecular weight excluding hydrogens is 450 g/mol. The molecule has 0 bridgehead atoms. The number of rotatable bonds is 7. The summed E-state index contributed by atoms with van der Waals surface area (Å²) in [7, 11) is 1.86. The van der Waals surface area contributed by atoms with Crippen molar-refractivity contribution in [1.29, 1.82) is 0 Å². The largest absolute Gasteiger partial charge is 0.394 e. The minimum absolute atomic E-state index is 0.285. The first kappa shape index (κ1) is 22.9. The van der Waals surface area contributed by atoms with Crippen LogP contribution in [-0.4, -0.2) is 42.3 Å². The second kappa shape index (κ2) is 9.40. The van der Waals surface area contributed by atoms with Crippen LogP contribution < -0.4 is 0 Å². The van der Waals surface area contributed by atoms with E-state index in [2.05, 4.69) is 10.2 Å². The van der Waals surface area contributed by atoms with Crippen LogP contribution in [0, 0.1) is 11.6 Å². The molecule has 1 unspecified atom stereocenters. The maximum atomic E-state index is 14.6. The molecule has 0 spiro atoms. The zero-order valence-corrected chi connectivity index (χ0v) is 19.1. The number of nitrogens with zero attached hydrogens (tertiary/aromatic N) is 4. The summed E-state index contributed by atoms with van der Waals surface area (Å²) in [6.07, 6.45) is 7.41. The van der Waals surface area contributed by atoms with E-state index >= 15 is 0 Å². The highest BCUT2D eigenvalue weighted by Crippen LogP contribution is 2.33. The van der Waals surface area contributed by atoms with Gasteiger partial charge in [-0.1, -0.05) is 18.2 Å². The molecule has 5 rings (SSSR count). The van der Waals surface area contributed by atoms with Crippen LogP contribution in [-0.2, 0) is 13.5 Å². The molecule has 0 fully saturated rings. The van der Waals surface area contributed by atoms with E-state index in [0.29, 0.717) is 18.4 Å². The molecule has 0 amide bonds. The Balaban J connectivity index is 1.59. The minimum Gasteiger partial charge on any atom is -0.394 e. The third-order valence-electron chi connectivity index (χ3n) is 6.08. The molecule has 3 aromatic heterocycles. The molecule has 6 nitrogen and oxygen atoms in total. The number of halogens is 2. The molecule has 0 saturated carbocycles. The van der Waals surface area contributed by atoms with Gasteiger partial charge in [0, 0.05) is 47.8 Å². The lowest BCUT2D eigenvalue weighted by atomic mass is 9.94. The zero-order chi connectivity index (χ0) is 24.5. The fourth-order valence-electron chi connectivity index (χ4n) is 4.24. The van der Waals surface area contributed by atoms with Gasteiger partial charge in [-0.2, -0.15) is 10.2 Å². The molecule has 2 N–H and O–H groups in total. The average molecular weight is 475 g/mol. The van der Waals surface area contributed by atoms with Crippen molar-refractivity contribution in [2.75, 3.05) is 6.61 Å². The SMILES string of the molecule is Cn1cc(-c2ccc3c(-c4cc(CCC(O)CO)cc(-c5ccc(F)cc5F)c4)cnn3c2)cn1. The van der Waals surface area contributed by atoms with Crippen molar-refractivity contribution >= 4 is 5.52 Å². The van der Waals surface area contributed by atoms with Crippen LogP contribution in [0.15, 0.2) is 73.3 Å². The fraction of sp³-hybridized carbons (Fsp3) is 0.185. The third-order valence-corrected chi connectivity index (χ3v) is 6.08. The Morgan fingerprint density at radius 3 is 2.37 bits per heavy atom.